The van der Waals surface area contributed by atoms with Crippen LogP contribution in [0, 0.1) is 50.2 Å². The van der Waals surface area contributed by atoms with Gasteiger partial charge in [-0.2, -0.15) is 0 Å². The van der Waals surface area contributed by atoms with Crippen molar-refractivity contribution in [1.82, 2.24) is 0 Å². The molecule has 0 aromatic rings. The maximum atomic E-state index is 14.4. The lowest BCUT2D eigenvalue weighted by Gasteiger charge is -2.70. The number of aliphatic carboxylic acids is 1. The van der Waals surface area contributed by atoms with Gasteiger partial charge in [0.1, 0.15) is 6.10 Å². The lowest BCUT2D eigenvalue weighted by molar-refractivity contribution is -0.211. The predicted octanol–water partition coefficient (Wildman–Crippen LogP) is 7.76. The fraction of sp³-hybridized carbons (Fsp3) is 0.853. The van der Waals surface area contributed by atoms with Gasteiger partial charge in [0.25, 0.3) is 0 Å². The van der Waals surface area contributed by atoms with E-state index in [0.717, 1.165) is 51.4 Å². The molecule has 5 heteroatoms. The Morgan fingerprint density at radius 3 is 2.26 bits per heavy atom. The maximum absolute atomic E-state index is 14.4. The minimum absolute atomic E-state index is 0.0628. The largest absolute Gasteiger partial charge is 0.481 e. The van der Waals surface area contributed by atoms with Crippen LogP contribution < -0.4 is 0 Å². The van der Waals surface area contributed by atoms with Crippen molar-refractivity contribution in [2.75, 3.05) is 0 Å². The van der Waals surface area contributed by atoms with E-state index in [4.69, 9.17) is 4.74 Å². The van der Waals surface area contributed by atoms with Gasteiger partial charge in [-0.25, -0.2) is 0 Å². The van der Waals surface area contributed by atoms with Gasteiger partial charge in [-0.15, -0.1) is 0 Å². The Hall–Kier alpha value is -1.65. The molecule has 0 bridgehead atoms. The molecule has 0 heterocycles. The van der Waals surface area contributed by atoms with Gasteiger partial charge in [0, 0.05) is 17.8 Å². The number of allylic oxidation sites excluding steroid dienone is 2. The molecule has 1 N–H and O–H groups in total. The summed E-state index contributed by atoms with van der Waals surface area (Å²) in [6.45, 7) is 18.0. The third-order valence-electron chi connectivity index (χ3n) is 13.8. The molecule has 4 saturated carbocycles. The molecule has 0 unspecified atom stereocenters. The second-order valence-corrected chi connectivity index (χ2v) is 16.1. The number of fused-ring (bicyclic) bond motifs is 7. The summed E-state index contributed by atoms with van der Waals surface area (Å²) in [7, 11) is 0. The summed E-state index contributed by atoms with van der Waals surface area (Å²) >= 11 is 0. The average Bonchev–Trinajstić information content (AvgIpc) is 2.83. The highest BCUT2D eigenvalue weighted by atomic mass is 16.5. The zero-order valence-corrected chi connectivity index (χ0v) is 25.7. The Morgan fingerprint density at radius 1 is 0.949 bits per heavy atom. The molecule has 0 aromatic heterocycles. The van der Waals surface area contributed by atoms with Gasteiger partial charge in [0.05, 0.1) is 5.41 Å². The van der Waals surface area contributed by atoms with Gasteiger partial charge in [-0.1, -0.05) is 54.0 Å². The number of carbonyl (C=O) groups excluding carboxylic acids is 2. The zero-order chi connectivity index (χ0) is 28.8. The molecule has 39 heavy (non-hydrogen) atoms. The summed E-state index contributed by atoms with van der Waals surface area (Å²) in [4.78, 5) is 39.2. The van der Waals surface area contributed by atoms with Crippen molar-refractivity contribution >= 4 is 17.7 Å². The van der Waals surface area contributed by atoms with Gasteiger partial charge in [-0.3, -0.25) is 14.4 Å². The number of esters is 1. The second-order valence-electron chi connectivity index (χ2n) is 16.1. The van der Waals surface area contributed by atoms with Crippen molar-refractivity contribution in [3.8, 4) is 0 Å². The lowest BCUT2D eigenvalue weighted by atomic mass is 9.33. The summed E-state index contributed by atoms with van der Waals surface area (Å²) < 4.78 is 6.06. The number of carboxylic acids is 1. The fourth-order valence-corrected chi connectivity index (χ4v) is 11.0. The topological polar surface area (TPSA) is 80.7 Å². The summed E-state index contributed by atoms with van der Waals surface area (Å²) in [5.74, 6) is -0.153. The van der Waals surface area contributed by atoms with Crippen LogP contribution in [-0.2, 0) is 19.1 Å². The average molecular weight is 541 g/mol. The van der Waals surface area contributed by atoms with Crippen LogP contribution in [0.3, 0.4) is 0 Å². The quantitative estimate of drug-likeness (QED) is 0.369. The van der Waals surface area contributed by atoms with Crippen molar-refractivity contribution < 1.29 is 24.2 Å². The maximum Gasteiger partial charge on any atom is 0.309 e. The first-order valence-electron chi connectivity index (χ1n) is 15.7. The summed E-state index contributed by atoms with van der Waals surface area (Å²) in [6.07, 6.45) is 11.3. The molecule has 4 fully saturated rings. The number of carbonyl (C=O) groups is 3. The minimum Gasteiger partial charge on any atom is -0.481 e. The second kappa shape index (κ2) is 8.92. The van der Waals surface area contributed by atoms with Gasteiger partial charge in [-0.05, 0) is 111 Å². The van der Waals surface area contributed by atoms with E-state index >= 15 is 0 Å². The highest BCUT2D eigenvalue weighted by Crippen LogP contribution is 2.75. The van der Waals surface area contributed by atoms with Gasteiger partial charge in [0.2, 0.25) is 0 Å². The van der Waals surface area contributed by atoms with E-state index < -0.39 is 11.4 Å². The van der Waals surface area contributed by atoms with Crippen LogP contribution >= 0.6 is 0 Å². The molecule has 0 aromatic carbocycles. The molecule has 0 aliphatic heterocycles. The van der Waals surface area contributed by atoms with E-state index in [1.165, 1.54) is 5.57 Å². The van der Waals surface area contributed by atoms with Crippen LogP contribution in [0.15, 0.2) is 11.6 Å². The lowest BCUT2D eigenvalue weighted by Crippen LogP contribution is -2.66. The Labute approximate surface area is 235 Å². The van der Waals surface area contributed by atoms with Crippen molar-refractivity contribution in [3.05, 3.63) is 11.6 Å². The molecule has 5 nitrogen and oxygen atoms in total. The van der Waals surface area contributed by atoms with E-state index in [0.29, 0.717) is 25.2 Å². The third kappa shape index (κ3) is 3.86. The van der Waals surface area contributed by atoms with Crippen LogP contribution in [-0.4, -0.2) is 28.9 Å². The summed E-state index contributed by atoms with van der Waals surface area (Å²) in [5.41, 5.74) is -0.0425. The standard InChI is InChI=1S/C34H52O5/c1-9-10-26(36)39-25-12-13-32(6)24(29(25,2)3)11-14-34(8)27(32)23(35)19-21-22-20-31(5,28(37)38)16-15-30(22,4)17-18-33(21,34)7/h19,22,24-25,27H,9-18,20H2,1-8H3,(H,37,38)/t22-,24-,25-,27+,30+,31-,32-,33+,34+/m0/s1. The monoisotopic (exact) mass is 540 g/mol. The molecule has 0 saturated heterocycles. The molecule has 9 atom stereocenters. The van der Waals surface area contributed by atoms with Crippen LogP contribution in [0.5, 0.6) is 0 Å². The molecule has 5 rings (SSSR count). The van der Waals surface area contributed by atoms with E-state index in [1.54, 1.807) is 0 Å². The van der Waals surface area contributed by atoms with Crippen molar-refractivity contribution in [2.24, 2.45) is 50.2 Å². The Bertz CT molecular complexity index is 1100. The van der Waals surface area contributed by atoms with Gasteiger partial charge < -0.3 is 9.84 Å². The Kier molecular flexibility index (Phi) is 6.60. The Morgan fingerprint density at radius 2 is 1.62 bits per heavy atom. The van der Waals surface area contributed by atoms with Gasteiger partial charge >= 0.3 is 11.9 Å². The van der Waals surface area contributed by atoms with Crippen LogP contribution in [0.2, 0.25) is 0 Å². The molecule has 5 aliphatic carbocycles. The van der Waals surface area contributed by atoms with E-state index in [2.05, 4.69) is 41.5 Å². The fourth-order valence-electron chi connectivity index (χ4n) is 11.0. The molecule has 0 spiro atoms. The predicted molar refractivity (Wildman–Crippen MR) is 152 cm³/mol. The molecule has 0 amide bonds. The number of carboxylic acid groups (broad SMARTS) is 1. The number of hydrogen-bond donors (Lipinski definition) is 1. The van der Waals surface area contributed by atoms with Crippen molar-refractivity contribution in [1.29, 1.82) is 0 Å². The van der Waals surface area contributed by atoms with Crippen LogP contribution in [0.4, 0.5) is 0 Å². The Balaban J connectivity index is 1.53. The number of ketones is 1. The van der Waals surface area contributed by atoms with Crippen molar-refractivity contribution in [2.45, 2.75) is 132 Å². The van der Waals surface area contributed by atoms with Crippen LogP contribution in [0.1, 0.15) is 126 Å². The molecule has 5 aliphatic rings. The van der Waals surface area contributed by atoms with Crippen molar-refractivity contribution in [3.63, 3.8) is 0 Å². The zero-order valence-electron chi connectivity index (χ0n) is 25.7. The van der Waals surface area contributed by atoms with E-state index in [1.807, 2.05) is 19.9 Å². The molecular weight excluding hydrogens is 488 g/mol. The third-order valence-corrected chi connectivity index (χ3v) is 13.8. The number of hydrogen-bond acceptors (Lipinski definition) is 4. The molecule has 0 radical (unpaired) electrons. The first kappa shape index (κ1) is 28.9. The first-order chi connectivity index (χ1) is 18.0. The molecular formula is C34H52O5. The van der Waals surface area contributed by atoms with E-state index in [9.17, 15) is 19.5 Å². The normalized spacial score (nSPS) is 48.5. The summed E-state index contributed by atoms with van der Waals surface area (Å²) in [6, 6.07) is 0. The summed E-state index contributed by atoms with van der Waals surface area (Å²) in [5, 5.41) is 10.1. The smallest absolute Gasteiger partial charge is 0.309 e. The van der Waals surface area contributed by atoms with Crippen LogP contribution in [0.25, 0.3) is 0 Å². The highest BCUT2D eigenvalue weighted by molar-refractivity contribution is 5.95. The number of rotatable bonds is 4. The minimum atomic E-state index is -0.731. The highest BCUT2D eigenvalue weighted by Gasteiger charge is 2.70. The SMILES string of the molecule is CCCC(=O)O[C@H]1CC[C@]2(C)[C@H]3C(=O)C=C4[C@@H]5C[C@@](C)(C(=O)O)CC[C@]5(C)CC[C@@]4(C)[C@]3(C)CC[C@H]2C1(C)C. The van der Waals surface area contributed by atoms with E-state index in [-0.39, 0.29) is 56.8 Å². The molecule has 218 valence electrons. The van der Waals surface area contributed by atoms with Gasteiger partial charge in [0.15, 0.2) is 5.78 Å². The number of ether oxygens (including phenoxy) is 1. The first-order valence-corrected chi connectivity index (χ1v) is 15.7.